The van der Waals surface area contributed by atoms with Gasteiger partial charge in [0.05, 0.1) is 4.92 Å². The molecule has 17 heavy (non-hydrogen) atoms. The van der Waals surface area contributed by atoms with Crippen LogP contribution in [0.15, 0.2) is 36.4 Å². The predicted molar refractivity (Wildman–Crippen MR) is 66.0 cm³/mol. The number of hydrogen-bond donors (Lipinski definition) is 0. The summed E-state index contributed by atoms with van der Waals surface area (Å²) in [5.74, 6) is -0.144. The molecular formula is C13H15NO3. The van der Waals surface area contributed by atoms with E-state index in [4.69, 9.17) is 0 Å². The summed E-state index contributed by atoms with van der Waals surface area (Å²) in [7, 11) is 0. The molecule has 0 aliphatic carbocycles. The Morgan fingerprint density at radius 2 is 1.76 bits per heavy atom. The molecule has 0 bridgehead atoms. The monoisotopic (exact) mass is 233 g/mol. The predicted octanol–water partition coefficient (Wildman–Crippen LogP) is 3.38. The molecular weight excluding hydrogens is 218 g/mol. The standard InChI is InChI=1S/C13H15NO3/c1-13(2,3)9-8-12(15)10-4-6-11(7-5-10)14(16)17/h4-9H,1-3H3/b9-8+. The van der Waals surface area contributed by atoms with Gasteiger partial charge in [-0.2, -0.15) is 0 Å². The summed E-state index contributed by atoms with van der Waals surface area (Å²) in [6.07, 6.45) is 3.32. The lowest BCUT2D eigenvalue weighted by atomic mass is 9.95. The zero-order valence-corrected chi connectivity index (χ0v) is 10.1. The number of carbonyl (C=O) groups excluding carboxylic acids is 1. The van der Waals surface area contributed by atoms with Gasteiger partial charge in [0.15, 0.2) is 5.78 Å². The smallest absolute Gasteiger partial charge is 0.269 e. The van der Waals surface area contributed by atoms with Crippen molar-refractivity contribution in [2.75, 3.05) is 0 Å². The van der Waals surface area contributed by atoms with Gasteiger partial charge >= 0.3 is 0 Å². The van der Waals surface area contributed by atoms with Crippen molar-refractivity contribution in [2.45, 2.75) is 20.8 Å². The van der Waals surface area contributed by atoms with Gasteiger partial charge in [-0.15, -0.1) is 0 Å². The highest BCUT2D eigenvalue weighted by molar-refractivity contribution is 6.04. The van der Waals surface area contributed by atoms with E-state index in [2.05, 4.69) is 0 Å². The lowest BCUT2D eigenvalue weighted by molar-refractivity contribution is -0.384. The van der Waals surface area contributed by atoms with Crippen molar-refractivity contribution in [1.82, 2.24) is 0 Å². The molecule has 0 saturated carbocycles. The van der Waals surface area contributed by atoms with Gasteiger partial charge in [-0.25, -0.2) is 0 Å². The van der Waals surface area contributed by atoms with E-state index in [0.29, 0.717) is 5.56 Å². The maximum absolute atomic E-state index is 11.7. The first-order valence-electron chi connectivity index (χ1n) is 5.27. The molecule has 1 aromatic carbocycles. The Balaban J connectivity index is 2.84. The highest BCUT2D eigenvalue weighted by atomic mass is 16.6. The molecule has 4 nitrogen and oxygen atoms in total. The van der Waals surface area contributed by atoms with Crippen LogP contribution in [0.4, 0.5) is 5.69 Å². The van der Waals surface area contributed by atoms with E-state index in [0.717, 1.165) is 0 Å². The lowest BCUT2D eigenvalue weighted by Gasteiger charge is -2.10. The number of non-ortho nitro benzene ring substituents is 1. The minimum atomic E-state index is -0.487. The SMILES string of the molecule is CC(C)(C)/C=C/C(=O)c1ccc([N+](=O)[O-])cc1. The minimum Gasteiger partial charge on any atom is -0.289 e. The van der Waals surface area contributed by atoms with E-state index >= 15 is 0 Å². The highest BCUT2D eigenvalue weighted by Crippen LogP contribution is 2.16. The molecule has 4 heteroatoms. The first kappa shape index (κ1) is 13.1. The van der Waals surface area contributed by atoms with E-state index in [1.54, 1.807) is 0 Å². The van der Waals surface area contributed by atoms with Gasteiger partial charge in [-0.05, 0) is 23.6 Å². The van der Waals surface area contributed by atoms with Crippen LogP contribution < -0.4 is 0 Å². The van der Waals surface area contributed by atoms with Gasteiger partial charge in [0.1, 0.15) is 0 Å². The molecule has 0 aromatic heterocycles. The Bertz CT molecular complexity index is 453. The van der Waals surface area contributed by atoms with Crippen molar-refractivity contribution in [3.05, 3.63) is 52.1 Å². The van der Waals surface area contributed by atoms with Crippen molar-refractivity contribution in [1.29, 1.82) is 0 Å². The maximum atomic E-state index is 11.7. The van der Waals surface area contributed by atoms with Crippen molar-refractivity contribution in [3.8, 4) is 0 Å². The number of nitrogens with zero attached hydrogens (tertiary/aromatic N) is 1. The summed E-state index contributed by atoms with van der Waals surface area (Å²) in [5.41, 5.74) is 0.383. The van der Waals surface area contributed by atoms with Gasteiger partial charge in [-0.3, -0.25) is 14.9 Å². The molecule has 0 radical (unpaired) electrons. The van der Waals surface area contributed by atoms with Crippen molar-refractivity contribution in [2.24, 2.45) is 5.41 Å². The van der Waals surface area contributed by atoms with Gasteiger partial charge in [0, 0.05) is 17.7 Å². The number of allylic oxidation sites excluding steroid dienone is 2. The molecule has 0 spiro atoms. The summed E-state index contributed by atoms with van der Waals surface area (Å²) < 4.78 is 0. The van der Waals surface area contributed by atoms with E-state index in [9.17, 15) is 14.9 Å². The molecule has 0 heterocycles. The van der Waals surface area contributed by atoms with Crippen LogP contribution in [0.5, 0.6) is 0 Å². The fraction of sp³-hybridized carbons (Fsp3) is 0.308. The number of rotatable bonds is 3. The molecule has 0 aliphatic heterocycles. The molecule has 1 rings (SSSR count). The maximum Gasteiger partial charge on any atom is 0.269 e. The second-order valence-electron chi connectivity index (χ2n) is 4.87. The van der Waals surface area contributed by atoms with Crippen LogP contribution in [0.1, 0.15) is 31.1 Å². The molecule has 90 valence electrons. The van der Waals surface area contributed by atoms with Crippen molar-refractivity contribution < 1.29 is 9.72 Å². The number of benzene rings is 1. The second kappa shape index (κ2) is 4.91. The average Bonchev–Trinajstić information content (AvgIpc) is 2.25. The van der Waals surface area contributed by atoms with E-state index < -0.39 is 4.92 Å². The number of hydrogen-bond acceptors (Lipinski definition) is 3. The third-order valence-electron chi connectivity index (χ3n) is 2.10. The van der Waals surface area contributed by atoms with Gasteiger partial charge < -0.3 is 0 Å². The Labute approximate surface area is 100 Å². The quantitative estimate of drug-likeness (QED) is 0.348. The Morgan fingerprint density at radius 3 is 2.18 bits per heavy atom. The molecule has 0 N–H and O–H groups in total. The van der Waals surface area contributed by atoms with Gasteiger partial charge in [0.2, 0.25) is 0 Å². The van der Waals surface area contributed by atoms with Gasteiger partial charge in [0.25, 0.3) is 5.69 Å². The fourth-order valence-corrected chi connectivity index (χ4v) is 1.17. The fourth-order valence-electron chi connectivity index (χ4n) is 1.17. The van der Waals surface area contributed by atoms with Crippen LogP contribution in [0.2, 0.25) is 0 Å². The zero-order chi connectivity index (χ0) is 13.1. The number of ketones is 1. The van der Waals surface area contributed by atoms with Crippen LogP contribution in [-0.2, 0) is 0 Å². The largest absolute Gasteiger partial charge is 0.289 e. The van der Waals surface area contributed by atoms with Crippen molar-refractivity contribution in [3.63, 3.8) is 0 Å². The summed E-state index contributed by atoms with van der Waals surface area (Å²) in [6.45, 7) is 5.98. The molecule has 0 fully saturated rings. The van der Waals surface area contributed by atoms with Crippen molar-refractivity contribution >= 4 is 11.5 Å². The van der Waals surface area contributed by atoms with Gasteiger partial charge in [-0.1, -0.05) is 26.8 Å². The Kier molecular flexibility index (Phi) is 3.78. The molecule has 0 atom stereocenters. The average molecular weight is 233 g/mol. The summed E-state index contributed by atoms with van der Waals surface area (Å²) in [4.78, 5) is 21.7. The summed E-state index contributed by atoms with van der Waals surface area (Å²) in [5, 5.41) is 10.4. The second-order valence-corrected chi connectivity index (χ2v) is 4.87. The molecule has 0 amide bonds. The van der Waals surface area contributed by atoms with E-state index in [-0.39, 0.29) is 16.9 Å². The van der Waals surface area contributed by atoms with Crippen LogP contribution in [-0.4, -0.2) is 10.7 Å². The summed E-state index contributed by atoms with van der Waals surface area (Å²) in [6, 6.07) is 5.59. The lowest BCUT2D eigenvalue weighted by Crippen LogP contribution is -2.02. The van der Waals surface area contributed by atoms with E-state index in [1.807, 2.05) is 26.8 Å². The summed E-state index contributed by atoms with van der Waals surface area (Å²) >= 11 is 0. The van der Waals surface area contributed by atoms with Crippen LogP contribution in [0.3, 0.4) is 0 Å². The number of carbonyl (C=O) groups is 1. The molecule has 0 aliphatic rings. The van der Waals surface area contributed by atoms with E-state index in [1.165, 1.54) is 30.3 Å². The molecule has 0 unspecified atom stereocenters. The third-order valence-corrected chi connectivity index (χ3v) is 2.10. The molecule has 1 aromatic rings. The number of nitro benzene ring substituents is 1. The Hall–Kier alpha value is -1.97. The topological polar surface area (TPSA) is 60.2 Å². The number of nitro groups is 1. The molecule has 0 saturated heterocycles. The highest BCUT2D eigenvalue weighted by Gasteiger charge is 2.09. The zero-order valence-electron chi connectivity index (χ0n) is 10.1. The van der Waals surface area contributed by atoms with Crippen LogP contribution in [0, 0.1) is 15.5 Å². The first-order chi connectivity index (χ1) is 7.79. The Morgan fingerprint density at radius 1 is 1.24 bits per heavy atom. The normalized spacial score (nSPS) is 11.7. The minimum absolute atomic E-state index is 0.0126. The van der Waals surface area contributed by atoms with Crippen LogP contribution in [0.25, 0.3) is 0 Å². The first-order valence-corrected chi connectivity index (χ1v) is 5.27. The third kappa shape index (κ3) is 4.18. The van der Waals surface area contributed by atoms with Crippen LogP contribution >= 0.6 is 0 Å².